The molecule has 2 fully saturated rings. The molecule has 4 aromatic rings. The van der Waals surface area contributed by atoms with E-state index < -0.39 is 83.1 Å². The summed E-state index contributed by atoms with van der Waals surface area (Å²) >= 11 is 0. The van der Waals surface area contributed by atoms with Crippen LogP contribution in [0.3, 0.4) is 0 Å². The third kappa shape index (κ3) is 9.42. The number of ether oxygens (including phenoxy) is 2. The minimum atomic E-state index is -5.97. The number of aromatic nitrogens is 7. The van der Waals surface area contributed by atoms with Crippen molar-refractivity contribution in [2.45, 2.75) is 61.8 Å². The van der Waals surface area contributed by atoms with Crippen molar-refractivity contribution in [2.75, 3.05) is 12.3 Å². The Balaban J connectivity index is 0.00000292. The van der Waals surface area contributed by atoms with Crippen LogP contribution in [-0.2, 0) is 38.5 Å². The molecule has 1 aromatic carbocycles. The summed E-state index contributed by atoms with van der Waals surface area (Å²) in [6.07, 6.45) is -13.8. The Bertz CT molecular complexity index is 1960. The van der Waals surface area contributed by atoms with Crippen molar-refractivity contribution in [2.24, 2.45) is 0 Å². The molecule has 51 heavy (non-hydrogen) atoms. The van der Waals surface area contributed by atoms with Crippen LogP contribution in [0.2, 0.25) is 0 Å². The van der Waals surface area contributed by atoms with Gasteiger partial charge in [0, 0.05) is 5.56 Å². The molecule has 5 heterocycles. The number of anilines is 1. The fourth-order valence-electron chi connectivity index (χ4n) is 5.15. The Kier molecular flexibility index (Phi) is 14.0. The number of benzene rings is 1. The van der Waals surface area contributed by atoms with E-state index in [-0.39, 0.29) is 82.8 Å². The van der Waals surface area contributed by atoms with Gasteiger partial charge in [-0.1, -0.05) is 35.5 Å². The zero-order valence-electron chi connectivity index (χ0n) is 26.6. The first kappa shape index (κ1) is 42.2. The number of hydrogen-bond donors (Lipinski definition) is 7. The second kappa shape index (κ2) is 16.9. The normalized spacial score (nSPS) is 30.2. The van der Waals surface area contributed by atoms with Gasteiger partial charge in [0.05, 0.1) is 25.7 Å². The van der Waals surface area contributed by atoms with Crippen LogP contribution in [0, 0.1) is 0 Å². The molecule has 0 aliphatic carbocycles. The van der Waals surface area contributed by atoms with Crippen LogP contribution >= 0.6 is 15.6 Å². The predicted molar refractivity (Wildman–Crippen MR) is 154 cm³/mol. The van der Waals surface area contributed by atoms with E-state index in [0.29, 0.717) is 11.3 Å². The molecule has 8 N–H and O–H groups in total. The second-order valence-electron chi connectivity index (χ2n) is 10.9. The van der Waals surface area contributed by atoms with Crippen molar-refractivity contribution < 1.29 is 126 Å². The number of nitrogens with two attached hydrogens (primary N) is 1. The monoisotopic (exact) mass is 776 g/mol. The molecule has 27 heteroatoms. The third-order valence-electron chi connectivity index (χ3n) is 7.54. The number of phosphoric acid groups is 2. The molecule has 2 saturated heterocycles. The third-order valence-corrected chi connectivity index (χ3v) is 10.1. The van der Waals surface area contributed by atoms with Gasteiger partial charge in [0.15, 0.2) is 23.7 Å². The van der Waals surface area contributed by atoms with E-state index >= 15 is 0 Å². The fraction of sp³-hybridized carbons (Fsp3) is 0.458. The summed E-state index contributed by atoms with van der Waals surface area (Å²) < 4.78 is 51.3. The van der Waals surface area contributed by atoms with Crippen LogP contribution in [-0.4, -0.2) is 116 Å². The number of rotatable bonds is 11. The van der Waals surface area contributed by atoms with Crippen LogP contribution in [0.15, 0.2) is 47.7 Å². The predicted octanol–water partition coefficient (Wildman–Crippen LogP) is -9.92. The van der Waals surface area contributed by atoms with Gasteiger partial charge in [-0.3, -0.25) is 28.0 Å². The molecule has 2 unspecified atom stereocenters. The first-order valence-corrected chi connectivity index (χ1v) is 17.1. The van der Waals surface area contributed by atoms with E-state index in [4.69, 9.17) is 15.2 Å². The Morgan fingerprint density at radius 3 is 2.33 bits per heavy atom. The fourth-order valence-corrected chi connectivity index (χ4v) is 7.23. The molecule has 3 aromatic heterocycles. The quantitative estimate of drug-likeness (QED) is 0.0549. The average Bonchev–Trinajstić information content (AvgIpc) is 3.75. The molecule has 2 aliphatic heterocycles. The SMILES string of the molecule is Nc1nc2c(ncn2[C@@H]2O[C@H](COP(=O)([O-])OP(=O)([O-])O[C@H]3O[C@@H](Cn4cc(-c5ccccc5)nn4)[C@@H](O)[C@@H](O)[C@@H]3O)[C@@H](O)[C@H]2O)c(=O)[nH]1.[Na+].[Na+]. The van der Waals surface area contributed by atoms with Gasteiger partial charge in [0.2, 0.25) is 5.95 Å². The number of hydrogen-bond acceptors (Lipinski definition) is 20. The van der Waals surface area contributed by atoms with Crippen molar-refractivity contribution in [3.63, 3.8) is 0 Å². The van der Waals surface area contributed by atoms with Gasteiger partial charge < -0.3 is 55.1 Å². The molecule has 0 spiro atoms. The smallest absolute Gasteiger partial charge is 0.756 e. The molecular formula is C24H28N8Na2O15P2. The van der Waals surface area contributed by atoms with Crippen molar-refractivity contribution in [1.29, 1.82) is 0 Å². The first-order chi connectivity index (χ1) is 23.1. The molecule has 0 bridgehead atoms. The van der Waals surface area contributed by atoms with Crippen LogP contribution in [0.4, 0.5) is 5.95 Å². The zero-order valence-corrected chi connectivity index (χ0v) is 32.4. The number of nitrogen functional groups attached to an aromatic ring is 1. The number of nitrogens with one attached hydrogen (secondary N) is 1. The average molecular weight is 776 g/mol. The molecule has 11 atom stereocenters. The van der Waals surface area contributed by atoms with Gasteiger partial charge >= 0.3 is 59.1 Å². The van der Waals surface area contributed by atoms with E-state index in [2.05, 4.69) is 38.6 Å². The van der Waals surface area contributed by atoms with E-state index in [1.54, 1.807) is 30.3 Å². The van der Waals surface area contributed by atoms with Crippen molar-refractivity contribution in [1.82, 2.24) is 34.5 Å². The molecule has 2 aliphatic rings. The van der Waals surface area contributed by atoms with Crippen LogP contribution in [0.1, 0.15) is 6.23 Å². The number of aromatic amines is 1. The first-order valence-electron chi connectivity index (χ1n) is 14.2. The molecule has 266 valence electrons. The van der Waals surface area contributed by atoms with E-state index in [9.17, 15) is 49.2 Å². The number of phosphoric ester groups is 2. The maximum absolute atomic E-state index is 12.6. The van der Waals surface area contributed by atoms with E-state index in [1.165, 1.54) is 10.9 Å². The largest absolute Gasteiger partial charge is 1.00 e. The minimum absolute atomic E-state index is 0. The van der Waals surface area contributed by atoms with Gasteiger partial charge in [-0.15, -0.1) is 5.10 Å². The molecular weight excluding hydrogens is 748 g/mol. The zero-order chi connectivity index (χ0) is 35.2. The summed E-state index contributed by atoms with van der Waals surface area (Å²) in [5.41, 5.74) is 5.69. The number of aliphatic hydroxyl groups excluding tert-OH is 5. The van der Waals surface area contributed by atoms with Crippen molar-refractivity contribution in [3.8, 4) is 11.3 Å². The summed E-state index contributed by atoms with van der Waals surface area (Å²) in [4.78, 5) is 47.1. The molecule has 6 rings (SSSR count). The van der Waals surface area contributed by atoms with Crippen LogP contribution in [0.5, 0.6) is 0 Å². The van der Waals surface area contributed by atoms with Crippen LogP contribution < -0.4 is 80.2 Å². The van der Waals surface area contributed by atoms with Gasteiger partial charge in [-0.05, 0) is 0 Å². The van der Waals surface area contributed by atoms with Crippen molar-refractivity contribution in [3.05, 3.63) is 53.2 Å². The Morgan fingerprint density at radius 1 is 0.941 bits per heavy atom. The summed E-state index contributed by atoms with van der Waals surface area (Å²) in [6, 6.07) is 8.86. The number of aliphatic hydroxyl groups is 5. The topological polar surface area (TPSA) is 348 Å². The maximum Gasteiger partial charge on any atom is 1.00 e. The molecule has 0 radical (unpaired) electrons. The summed E-state index contributed by atoms with van der Waals surface area (Å²) in [7, 11) is -11.8. The number of fused-ring (bicyclic) bond motifs is 1. The van der Waals surface area contributed by atoms with Crippen molar-refractivity contribution >= 4 is 32.8 Å². The number of nitrogens with zero attached hydrogens (tertiary/aromatic N) is 6. The van der Waals surface area contributed by atoms with Gasteiger partial charge in [-0.25, -0.2) is 14.0 Å². The summed E-state index contributed by atoms with van der Waals surface area (Å²) in [5, 5.41) is 60.0. The molecule has 0 saturated carbocycles. The summed E-state index contributed by atoms with van der Waals surface area (Å²) in [6.45, 7) is -1.40. The Morgan fingerprint density at radius 2 is 1.63 bits per heavy atom. The molecule has 23 nitrogen and oxygen atoms in total. The van der Waals surface area contributed by atoms with E-state index in [1.807, 2.05) is 0 Å². The van der Waals surface area contributed by atoms with E-state index in [0.717, 1.165) is 10.9 Å². The van der Waals surface area contributed by atoms with Gasteiger partial charge in [-0.2, -0.15) is 4.98 Å². The number of imidazole rings is 1. The van der Waals surface area contributed by atoms with Gasteiger partial charge in [0.25, 0.3) is 21.2 Å². The number of H-pyrrole nitrogens is 1. The maximum atomic E-state index is 12.6. The standard InChI is InChI=1S/C24H30N8O15P2.2Na/c25-24-27-20-14(21(38)28-24)26-9-32(20)22-18(36)16(34)13(44-22)8-43-48(39,40)47-49(41,42)46-23-19(37)17(35)15(33)12(45-23)7-31-6-11(29-30-31)10-4-2-1-3-5-10;;/h1-6,9,12-13,15-19,22-23,33-37H,7-8H2,(H,39,40)(H,41,42)(H3,25,27,28,38);;/q;2*+1/p-2/t12-,13+,15+,16+,17+,18+,19-,22+,23+;;/m0../s1. The van der Waals surface area contributed by atoms with Gasteiger partial charge in [0.1, 0.15) is 48.4 Å². The second-order valence-corrected chi connectivity index (χ2v) is 13.8. The Labute approximate surface area is 330 Å². The minimum Gasteiger partial charge on any atom is -0.756 e. The summed E-state index contributed by atoms with van der Waals surface area (Å²) in [5.74, 6) is -0.291. The Hall–Kier alpha value is -1.51. The molecule has 0 amide bonds. The van der Waals surface area contributed by atoms with Crippen LogP contribution in [0.25, 0.3) is 22.4 Å².